The fourth-order valence-corrected chi connectivity index (χ4v) is 2.27. The zero-order chi connectivity index (χ0) is 13.9. The summed E-state index contributed by atoms with van der Waals surface area (Å²) in [6.07, 6.45) is 4.89. The molecule has 0 aliphatic rings. The van der Waals surface area contributed by atoms with Crippen LogP contribution in [-0.4, -0.2) is 31.1 Å². The van der Waals surface area contributed by atoms with Gasteiger partial charge in [-0.05, 0) is 44.6 Å². The first-order valence-corrected chi connectivity index (χ1v) is 7.75. The highest BCUT2D eigenvalue weighted by Gasteiger charge is 2.00. The highest BCUT2D eigenvalue weighted by atomic mass is 35.5. The van der Waals surface area contributed by atoms with Gasteiger partial charge in [0, 0.05) is 0 Å². The lowest BCUT2D eigenvalue weighted by Gasteiger charge is -2.17. The second-order valence-electron chi connectivity index (χ2n) is 4.72. The molecule has 0 aliphatic heterocycles. The minimum Gasteiger partial charge on any atom is -0.492 e. The summed E-state index contributed by atoms with van der Waals surface area (Å²) in [4.78, 5) is 2.47. The lowest BCUT2D eigenvalue weighted by atomic mass is 10.2. The van der Waals surface area contributed by atoms with E-state index >= 15 is 0 Å². The maximum Gasteiger partial charge on any atom is 0.137 e. The standard InChI is InChI=1S/C16H26ClNO/c1-3-18(4-2)13-9-5-6-10-14-19-16-12-8-7-11-15(16)17/h7-8,11-12H,3-6,9-10,13-14H2,1-2H3. The van der Waals surface area contributed by atoms with E-state index in [0.29, 0.717) is 5.02 Å². The monoisotopic (exact) mass is 283 g/mol. The molecule has 19 heavy (non-hydrogen) atoms. The molecule has 0 bridgehead atoms. The van der Waals surface area contributed by atoms with Gasteiger partial charge in [0.2, 0.25) is 0 Å². The van der Waals surface area contributed by atoms with E-state index in [1.165, 1.54) is 25.8 Å². The molecular weight excluding hydrogens is 258 g/mol. The number of ether oxygens (including phenoxy) is 1. The van der Waals surface area contributed by atoms with Crippen molar-refractivity contribution in [3.63, 3.8) is 0 Å². The Kier molecular flexibility index (Phi) is 8.68. The van der Waals surface area contributed by atoms with Crippen LogP contribution in [0.4, 0.5) is 0 Å². The Bertz CT molecular complexity index is 339. The number of benzene rings is 1. The van der Waals surface area contributed by atoms with Crippen LogP contribution >= 0.6 is 11.6 Å². The van der Waals surface area contributed by atoms with Gasteiger partial charge in [-0.3, -0.25) is 0 Å². The summed E-state index contributed by atoms with van der Waals surface area (Å²) >= 11 is 6.02. The Labute approximate surface area is 122 Å². The Morgan fingerprint density at radius 2 is 1.68 bits per heavy atom. The van der Waals surface area contributed by atoms with Crippen molar-refractivity contribution in [1.29, 1.82) is 0 Å². The van der Waals surface area contributed by atoms with E-state index in [1.54, 1.807) is 0 Å². The number of unbranched alkanes of at least 4 members (excludes halogenated alkanes) is 3. The Morgan fingerprint density at radius 1 is 1.00 bits per heavy atom. The molecule has 1 aromatic carbocycles. The lowest BCUT2D eigenvalue weighted by molar-refractivity contribution is 0.284. The number of hydrogen-bond donors (Lipinski definition) is 0. The van der Waals surface area contributed by atoms with Crippen molar-refractivity contribution in [2.75, 3.05) is 26.2 Å². The van der Waals surface area contributed by atoms with Crippen LogP contribution in [0.1, 0.15) is 39.5 Å². The Hall–Kier alpha value is -0.730. The van der Waals surface area contributed by atoms with Crippen molar-refractivity contribution >= 4 is 11.6 Å². The predicted octanol–water partition coefficient (Wildman–Crippen LogP) is 4.62. The molecule has 0 fully saturated rings. The molecule has 0 heterocycles. The summed E-state index contributed by atoms with van der Waals surface area (Å²) < 4.78 is 5.66. The summed E-state index contributed by atoms with van der Waals surface area (Å²) in [5.74, 6) is 0.798. The van der Waals surface area contributed by atoms with E-state index in [0.717, 1.165) is 31.9 Å². The van der Waals surface area contributed by atoms with E-state index in [4.69, 9.17) is 16.3 Å². The molecule has 0 aromatic heterocycles. The maximum atomic E-state index is 6.02. The number of rotatable bonds is 10. The molecule has 0 saturated carbocycles. The number of nitrogens with zero attached hydrogens (tertiary/aromatic N) is 1. The van der Waals surface area contributed by atoms with Gasteiger partial charge in [-0.25, -0.2) is 0 Å². The van der Waals surface area contributed by atoms with Crippen LogP contribution in [0.15, 0.2) is 24.3 Å². The molecule has 0 N–H and O–H groups in total. The fraction of sp³-hybridized carbons (Fsp3) is 0.625. The average molecular weight is 284 g/mol. The molecule has 0 unspecified atom stereocenters. The predicted molar refractivity (Wildman–Crippen MR) is 83.2 cm³/mol. The third-order valence-corrected chi connectivity index (χ3v) is 3.67. The van der Waals surface area contributed by atoms with Gasteiger partial charge < -0.3 is 9.64 Å². The van der Waals surface area contributed by atoms with Gasteiger partial charge in [0.05, 0.1) is 11.6 Å². The summed E-state index contributed by atoms with van der Waals surface area (Å²) in [6.45, 7) is 8.74. The Morgan fingerprint density at radius 3 is 2.37 bits per heavy atom. The van der Waals surface area contributed by atoms with Gasteiger partial charge in [0.1, 0.15) is 5.75 Å². The van der Waals surface area contributed by atoms with Gasteiger partial charge in [-0.2, -0.15) is 0 Å². The zero-order valence-electron chi connectivity index (χ0n) is 12.2. The van der Waals surface area contributed by atoms with Gasteiger partial charge in [0.15, 0.2) is 0 Å². The summed E-state index contributed by atoms with van der Waals surface area (Å²) in [5.41, 5.74) is 0. The first-order valence-electron chi connectivity index (χ1n) is 7.37. The lowest BCUT2D eigenvalue weighted by Crippen LogP contribution is -2.23. The molecule has 1 rings (SSSR count). The second kappa shape index (κ2) is 10.1. The molecule has 0 saturated heterocycles. The highest BCUT2D eigenvalue weighted by Crippen LogP contribution is 2.23. The first kappa shape index (κ1) is 16.3. The smallest absolute Gasteiger partial charge is 0.137 e. The number of hydrogen-bond acceptors (Lipinski definition) is 2. The summed E-state index contributed by atoms with van der Waals surface area (Å²) in [5, 5.41) is 0.698. The van der Waals surface area contributed by atoms with Crippen molar-refractivity contribution in [2.45, 2.75) is 39.5 Å². The van der Waals surface area contributed by atoms with Crippen molar-refractivity contribution in [3.8, 4) is 5.75 Å². The molecule has 2 nitrogen and oxygen atoms in total. The third kappa shape index (κ3) is 6.84. The van der Waals surface area contributed by atoms with E-state index in [2.05, 4.69) is 18.7 Å². The largest absolute Gasteiger partial charge is 0.492 e. The molecular formula is C16H26ClNO. The van der Waals surface area contributed by atoms with E-state index in [1.807, 2.05) is 24.3 Å². The number of halogens is 1. The average Bonchev–Trinajstić information content (AvgIpc) is 2.44. The van der Waals surface area contributed by atoms with E-state index in [-0.39, 0.29) is 0 Å². The van der Waals surface area contributed by atoms with Crippen LogP contribution in [0.3, 0.4) is 0 Å². The molecule has 0 amide bonds. The van der Waals surface area contributed by atoms with Crippen LogP contribution in [0, 0.1) is 0 Å². The van der Waals surface area contributed by atoms with Gasteiger partial charge >= 0.3 is 0 Å². The summed E-state index contributed by atoms with van der Waals surface area (Å²) in [7, 11) is 0. The van der Waals surface area contributed by atoms with Crippen LogP contribution in [0.5, 0.6) is 5.75 Å². The minimum absolute atomic E-state index is 0.698. The van der Waals surface area contributed by atoms with Crippen LogP contribution in [-0.2, 0) is 0 Å². The maximum absolute atomic E-state index is 6.02. The molecule has 0 atom stereocenters. The molecule has 0 aliphatic carbocycles. The molecule has 3 heteroatoms. The summed E-state index contributed by atoms with van der Waals surface area (Å²) in [6, 6.07) is 7.65. The SMILES string of the molecule is CCN(CC)CCCCCCOc1ccccc1Cl. The molecule has 1 aromatic rings. The minimum atomic E-state index is 0.698. The quantitative estimate of drug-likeness (QED) is 0.581. The molecule has 108 valence electrons. The normalized spacial score (nSPS) is 10.9. The van der Waals surface area contributed by atoms with Gasteiger partial charge in [-0.15, -0.1) is 0 Å². The second-order valence-corrected chi connectivity index (χ2v) is 5.13. The first-order chi connectivity index (χ1) is 9.27. The van der Waals surface area contributed by atoms with Crippen LogP contribution in [0.2, 0.25) is 5.02 Å². The Balaban J connectivity index is 2.01. The highest BCUT2D eigenvalue weighted by molar-refractivity contribution is 6.32. The zero-order valence-corrected chi connectivity index (χ0v) is 13.0. The van der Waals surface area contributed by atoms with Crippen LogP contribution in [0.25, 0.3) is 0 Å². The van der Waals surface area contributed by atoms with E-state index in [9.17, 15) is 0 Å². The number of para-hydroxylation sites is 1. The fourth-order valence-electron chi connectivity index (χ4n) is 2.07. The van der Waals surface area contributed by atoms with Crippen molar-refractivity contribution < 1.29 is 4.74 Å². The molecule has 0 radical (unpaired) electrons. The van der Waals surface area contributed by atoms with Gasteiger partial charge in [0.25, 0.3) is 0 Å². The van der Waals surface area contributed by atoms with Crippen molar-refractivity contribution in [2.24, 2.45) is 0 Å². The molecule has 0 spiro atoms. The van der Waals surface area contributed by atoms with E-state index < -0.39 is 0 Å². The van der Waals surface area contributed by atoms with Crippen molar-refractivity contribution in [1.82, 2.24) is 4.90 Å². The topological polar surface area (TPSA) is 12.5 Å². The third-order valence-electron chi connectivity index (χ3n) is 3.36. The van der Waals surface area contributed by atoms with Gasteiger partial charge in [-0.1, -0.05) is 50.4 Å². The van der Waals surface area contributed by atoms with Crippen LogP contribution < -0.4 is 4.74 Å². The van der Waals surface area contributed by atoms with Crippen molar-refractivity contribution in [3.05, 3.63) is 29.3 Å².